The lowest BCUT2D eigenvalue weighted by Crippen LogP contribution is -2.83. The van der Waals surface area contributed by atoms with Crippen LogP contribution in [0.2, 0.25) is 0 Å². The molecule has 1 aromatic carbocycles. The first-order valence-electron chi connectivity index (χ1n) is 6.31. The van der Waals surface area contributed by atoms with E-state index >= 15 is 0 Å². The lowest BCUT2D eigenvalue weighted by Gasteiger charge is -2.15. The molecule has 0 aliphatic heterocycles. The Morgan fingerprint density at radius 2 is 2.00 bits per heavy atom. The Morgan fingerprint density at radius 1 is 1.22 bits per heavy atom. The lowest BCUT2D eigenvalue weighted by atomic mass is 10.0. The third-order valence-corrected chi connectivity index (χ3v) is 2.98. The van der Waals surface area contributed by atoms with E-state index in [4.69, 9.17) is 4.42 Å². The van der Waals surface area contributed by atoms with Crippen molar-refractivity contribution in [3.05, 3.63) is 72.2 Å². The van der Waals surface area contributed by atoms with Crippen molar-refractivity contribution in [3.8, 4) is 0 Å². The zero-order valence-corrected chi connectivity index (χ0v) is 10.8. The summed E-state index contributed by atoms with van der Waals surface area (Å²) in [4.78, 5) is 0. The maximum Gasteiger partial charge on any atom is 0.157 e. The van der Waals surface area contributed by atoms with Gasteiger partial charge in [0.05, 0.1) is 6.26 Å². The minimum absolute atomic E-state index is 0.411. The Morgan fingerprint density at radius 3 is 2.61 bits per heavy atom. The highest BCUT2D eigenvalue weighted by Crippen LogP contribution is 2.16. The van der Waals surface area contributed by atoms with Crippen LogP contribution in [-0.4, -0.2) is 0 Å². The largest absolute Gasteiger partial charge is 0.463 e. The summed E-state index contributed by atoms with van der Waals surface area (Å²) in [6.07, 6.45) is 2.71. The van der Waals surface area contributed by atoms with Crippen molar-refractivity contribution in [3.63, 3.8) is 0 Å². The third kappa shape index (κ3) is 3.60. The summed E-state index contributed by atoms with van der Waals surface area (Å²) in [6, 6.07) is 14.9. The fourth-order valence-electron chi connectivity index (χ4n) is 2.10. The summed E-state index contributed by atoms with van der Waals surface area (Å²) < 4.78 is 5.37. The molecule has 94 valence electrons. The first kappa shape index (κ1) is 12.7. The molecule has 1 aromatic heterocycles. The van der Waals surface area contributed by atoms with Crippen LogP contribution < -0.4 is 5.32 Å². The van der Waals surface area contributed by atoms with Crippen LogP contribution in [0.5, 0.6) is 0 Å². The van der Waals surface area contributed by atoms with Gasteiger partial charge < -0.3 is 9.73 Å². The first-order chi connectivity index (χ1) is 8.75. The molecule has 0 bridgehead atoms. The minimum Gasteiger partial charge on any atom is -0.463 e. The molecule has 0 radical (unpaired) electrons. The number of rotatable bonds is 6. The van der Waals surface area contributed by atoms with Gasteiger partial charge in [-0.3, -0.25) is 0 Å². The van der Waals surface area contributed by atoms with Crippen LogP contribution in [0.3, 0.4) is 0 Å². The maximum absolute atomic E-state index is 5.37. The molecule has 18 heavy (non-hydrogen) atoms. The predicted octanol–water partition coefficient (Wildman–Crippen LogP) is 3.05. The lowest BCUT2D eigenvalue weighted by molar-refractivity contribution is -0.712. The van der Waals surface area contributed by atoms with Gasteiger partial charge in [-0.1, -0.05) is 42.5 Å². The molecule has 0 saturated heterocycles. The standard InChI is InChI=1S/C16H19NO/c1-13(2)11-16(14-7-4-3-5-8-14)17-12-15-9-6-10-18-15/h3-10,16-17H,1,11-12H2,2H3/p+1. The van der Waals surface area contributed by atoms with E-state index in [1.165, 1.54) is 11.1 Å². The van der Waals surface area contributed by atoms with E-state index in [0.717, 1.165) is 18.7 Å². The molecule has 2 aromatic rings. The molecule has 0 aliphatic rings. The Balaban J connectivity index is 2.03. The predicted molar refractivity (Wildman–Crippen MR) is 73.0 cm³/mol. The highest BCUT2D eigenvalue weighted by atomic mass is 16.3. The molecule has 0 fully saturated rings. The van der Waals surface area contributed by atoms with Crippen molar-refractivity contribution in [2.45, 2.75) is 25.9 Å². The van der Waals surface area contributed by atoms with Gasteiger partial charge in [0.25, 0.3) is 0 Å². The normalized spacial score (nSPS) is 12.3. The topological polar surface area (TPSA) is 29.8 Å². The fraction of sp³-hybridized carbons (Fsp3) is 0.250. The number of hydrogen-bond acceptors (Lipinski definition) is 1. The van der Waals surface area contributed by atoms with E-state index in [1.807, 2.05) is 18.2 Å². The Labute approximate surface area is 108 Å². The van der Waals surface area contributed by atoms with Crippen molar-refractivity contribution < 1.29 is 9.73 Å². The van der Waals surface area contributed by atoms with Crippen LogP contribution in [0.4, 0.5) is 0 Å². The summed E-state index contributed by atoms with van der Waals surface area (Å²) in [5.74, 6) is 1.01. The van der Waals surface area contributed by atoms with Gasteiger partial charge in [-0.05, 0) is 19.1 Å². The molecule has 1 atom stereocenters. The third-order valence-electron chi connectivity index (χ3n) is 2.98. The van der Waals surface area contributed by atoms with E-state index in [9.17, 15) is 0 Å². The summed E-state index contributed by atoms with van der Waals surface area (Å²) >= 11 is 0. The first-order valence-corrected chi connectivity index (χ1v) is 6.31. The number of hydrogen-bond donors (Lipinski definition) is 1. The number of furan rings is 1. The minimum atomic E-state index is 0.411. The van der Waals surface area contributed by atoms with Crippen LogP contribution in [0.25, 0.3) is 0 Å². The number of benzene rings is 1. The van der Waals surface area contributed by atoms with Crippen LogP contribution in [-0.2, 0) is 6.54 Å². The average molecular weight is 242 g/mol. The molecule has 2 nitrogen and oxygen atoms in total. The van der Waals surface area contributed by atoms with Gasteiger partial charge in [-0.15, -0.1) is 0 Å². The smallest absolute Gasteiger partial charge is 0.157 e. The molecule has 1 heterocycles. The van der Waals surface area contributed by atoms with E-state index in [-0.39, 0.29) is 0 Å². The fourth-order valence-corrected chi connectivity index (χ4v) is 2.10. The summed E-state index contributed by atoms with van der Waals surface area (Å²) in [6.45, 7) is 6.96. The van der Waals surface area contributed by atoms with E-state index in [0.29, 0.717) is 6.04 Å². The number of quaternary nitrogens is 1. The van der Waals surface area contributed by atoms with Crippen molar-refractivity contribution in [1.82, 2.24) is 0 Å². The molecule has 0 saturated carbocycles. The van der Waals surface area contributed by atoms with Crippen LogP contribution in [0.1, 0.15) is 30.7 Å². The SMILES string of the molecule is C=C(C)CC([NH2+]Cc1ccco1)c1ccccc1. The monoisotopic (exact) mass is 242 g/mol. The van der Waals surface area contributed by atoms with Crippen molar-refractivity contribution in [1.29, 1.82) is 0 Å². The van der Waals surface area contributed by atoms with Gasteiger partial charge in [-0.25, -0.2) is 0 Å². The highest BCUT2D eigenvalue weighted by Gasteiger charge is 2.15. The van der Waals surface area contributed by atoms with Crippen molar-refractivity contribution in [2.75, 3.05) is 0 Å². The van der Waals surface area contributed by atoms with E-state index in [2.05, 4.69) is 43.1 Å². The molecule has 1 unspecified atom stereocenters. The molecular weight excluding hydrogens is 222 g/mol. The van der Waals surface area contributed by atoms with Crippen LogP contribution in [0.15, 0.2) is 65.3 Å². The quantitative estimate of drug-likeness (QED) is 0.775. The Kier molecular flexibility index (Phi) is 4.37. The Bertz CT molecular complexity index is 473. The second kappa shape index (κ2) is 6.22. The van der Waals surface area contributed by atoms with Gasteiger partial charge >= 0.3 is 0 Å². The second-order valence-corrected chi connectivity index (χ2v) is 4.70. The molecule has 2 heteroatoms. The molecule has 2 rings (SSSR count). The van der Waals surface area contributed by atoms with Gasteiger partial charge in [0.1, 0.15) is 12.6 Å². The zero-order valence-electron chi connectivity index (χ0n) is 10.8. The molecule has 0 amide bonds. The maximum atomic E-state index is 5.37. The van der Waals surface area contributed by atoms with Crippen molar-refractivity contribution in [2.24, 2.45) is 0 Å². The van der Waals surface area contributed by atoms with Crippen molar-refractivity contribution >= 4 is 0 Å². The van der Waals surface area contributed by atoms with Crippen LogP contribution >= 0.6 is 0 Å². The molecule has 0 spiro atoms. The van der Waals surface area contributed by atoms with Crippen LogP contribution in [0, 0.1) is 0 Å². The van der Waals surface area contributed by atoms with Gasteiger partial charge in [0.2, 0.25) is 0 Å². The molecule has 2 N–H and O–H groups in total. The Hall–Kier alpha value is -1.80. The van der Waals surface area contributed by atoms with Gasteiger partial charge in [0, 0.05) is 12.0 Å². The highest BCUT2D eigenvalue weighted by molar-refractivity contribution is 5.18. The zero-order chi connectivity index (χ0) is 12.8. The van der Waals surface area contributed by atoms with Gasteiger partial charge in [0.15, 0.2) is 5.76 Å². The van der Waals surface area contributed by atoms with E-state index in [1.54, 1.807) is 6.26 Å². The molecular formula is C16H20NO+. The second-order valence-electron chi connectivity index (χ2n) is 4.70. The summed E-state index contributed by atoms with van der Waals surface area (Å²) in [5.41, 5.74) is 2.55. The molecule has 0 aliphatic carbocycles. The van der Waals surface area contributed by atoms with Gasteiger partial charge in [-0.2, -0.15) is 0 Å². The van der Waals surface area contributed by atoms with E-state index < -0.39 is 0 Å². The summed E-state index contributed by atoms with van der Waals surface area (Å²) in [7, 11) is 0. The number of nitrogens with two attached hydrogens (primary N) is 1. The average Bonchev–Trinajstić information content (AvgIpc) is 2.88. The summed E-state index contributed by atoms with van der Waals surface area (Å²) in [5, 5.41) is 2.31.